The molecule has 0 aromatic heterocycles. The van der Waals surface area contributed by atoms with Crippen LogP contribution in [0.2, 0.25) is 0 Å². The summed E-state index contributed by atoms with van der Waals surface area (Å²) in [5.74, 6) is 0.938. The number of benzene rings is 1. The minimum absolute atomic E-state index is 0.0130. The highest BCUT2D eigenvalue weighted by atomic mass is 32.2. The monoisotopic (exact) mass is 267 g/mol. The van der Waals surface area contributed by atoms with Crippen molar-refractivity contribution in [2.24, 2.45) is 5.73 Å². The number of amides is 2. The van der Waals surface area contributed by atoms with Crippen molar-refractivity contribution in [2.75, 3.05) is 30.9 Å². The fourth-order valence-corrected chi connectivity index (χ4v) is 1.88. The smallest absolute Gasteiger partial charge is 0.321 e. The van der Waals surface area contributed by atoms with Crippen molar-refractivity contribution in [3.05, 3.63) is 29.8 Å². The summed E-state index contributed by atoms with van der Waals surface area (Å²) in [5, 5.41) is 2.85. The van der Waals surface area contributed by atoms with Gasteiger partial charge in [-0.15, -0.1) is 0 Å². The lowest BCUT2D eigenvalue weighted by Gasteiger charge is -2.17. The first-order chi connectivity index (χ1) is 8.54. The summed E-state index contributed by atoms with van der Waals surface area (Å²) in [5.41, 5.74) is 7.62. The molecule has 1 unspecified atom stereocenters. The van der Waals surface area contributed by atoms with Gasteiger partial charge in [-0.05, 0) is 30.9 Å². The molecule has 0 spiro atoms. The number of urea groups is 1. The van der Waals surface area contributed by atoms with Gasteiger partial charge in [-0.3, -0.25) is 0 Å². The topological polar surface area (TPSA) is 58.4 Å². The average molecular weight is 267 g/mol. The second-order valence-corrected chi connectivity index (χ2v) is 5.24. The van der Waals surface area contributed by atoms with E-state index in [0.717, 1.165) is 23.5 Å². The number of carbonyl (C=O) groups is 1. The summed E-state index contributed by atoms with van der Waals surface area (Å²) < 4.78 is 0. The largest absolute Gasteiger partial charge is 0.327 e. The SMILES string of the molecule is CSCCN(C)C(=O)Nc1ccc(C(C)N)cc1. The van der Waals surface area contributed by atoms with Crippen molar-refractivity contribution in [3.63, 3.8) is 0 Å². The lowest BCUT2D eigenvalue weighted by atomic mass is 10.1. The minimum atomic E-state index is -0.0856. The van der Waals surface area contributed by atoms with Gasteiger partial charge in [-0.25, -0.2) is 4.79 Å². The van der Waals surface area contributed by atoms with Crippen LogP contribution in [0.4, 0.5) is 10.5 Å². The molecule has 1 aromatic carbocycles. The summed E-state index contributed by atoms with van der Waals surface area (Å²) >= 11 is 1.72. The third-order valence-electron chi connectivity index (χ3n) is 2.67. The fraction of sp³-hybridized carbons (Fsp3) is 0.462. The normalized spacial score (nSPS) is 12.0. The zero-order valence-electron chi connectivity index (χ0n) is 11.1. The Morgan fingerprint density at radius 3 is 2.56 bits per heavy atom. The summed E-state index contributed by atoms with van der Waals surface area (Å²) in [4.78, 5) is 13.5. The number of anilines is 1. The molecule has 0 aliphatic carbocycles. The molecule has 0 aliphatic rings. The van der Waals surface area contributed by atoms with Crippen LogP contribution in [0.1, 0.15) is 18.5 Å². The van der Waals surface area contributed by atoms with Crippen LogP contribution in [0.25, 0.3) is 0 Å². The zero-order valence-corrected chi connectivity index (χ0v) is 12.0. The molecule has 0 saturated carbocycles. The van der Waals surface area contributed by atoms with Gasteiger partial charge in [-0.1, -0.05) is 12.1 Å². The molecule has 0 heterocycles. The van der Waals surface area contributed by atoms with Crippen LogP contribution in [0.15, 0.2) is 24.3 Å². The van der Waals surface area contributed by atoms with E-state index in [-0.39, 0.29) is 12.1 Å². The molecule has 0 fully saturated rings. The number of hydrogen-bond acceptors (Lipinski definition) is 3. The Kier molecular flexibility index (Phi) is 6.01. The highest BCUT2D eigenvalue weighted by Gasteiger charge is 2.08. The predicted octanol–water partition coefficient (Wildman–Crippen LogP) is 2.53. The zero-order chi connectivity index (χ0) is 13.5. The van der Waals surface area contributed by atoms with Gasteiger partial charge in [0, 0.05) is 31.1 Å². The van der Waals surface area contributed by atoms with E-state index in [4.69, 9.17) is 5.73 Å². The molecule has 2 amide bonds. The lowest BCUT2D eigenvalue weighted by molar-refractivity contribution is 0.225. The molecule has 0 bridgehead atoms. The Balaban J connectivity index is 2.53. The standard InChI is InChI=1S/C13H21N3OS/c1-10(14)11-4-6-12(7-5-11)15-13(17)16(2)8-9-18-3/h4-7,10H,8-9,14H2,1-3H3,(H,15,17). The Hall–Kier alpha value is -1.20. The molecule has 3 N–H and O–H groups in total. The van der Waals surface area contributed by atoms with Crippen LogP contribution in [-0.4, -0.2) is 36.5 Å². The summed E-state index contributed by atoms with van der Waals surface area (Å²) in [6.07, 6.45) is 2.03. The number of rotatable bonds is 5. The maximum atomic E-state index is 11.8. The molecule has 100 valence electrons. The third kappa shape index (κ3) is 4.58. The molecule has 0 aliphatic heterocycles. The Labute approximate surface area is 113 Å². The van der Waals surface area contributed by atoms with Crippen LogP contribution in [0.5, 0.6) is 0 Å². The number of nitrogens with two attached hydrogens (primary N) is 1. The minimum Gasteiger partial charge on any atom is -0.327 e. The van der Waals surface area contributed by atoms with Crippen molar-refractivity contribution in [1.29, 1.82) is 0 Å². The second kappa shape index (κ2) is 7.28. The molecule has 1 rings (SSSR count). The molecular weight excluding hydrogens is 246 g/mol. The van der Waals surface area contributed by atoms with E-state index in [2.05, 4.69) is 5.32 Å². The molecule has 0 radical (unpaired) electrons. The van der Waals surface area contributed by atoms with Crippen LogP contribution in [0.3, 0.4) is 0 Å². The number of hydrogen-bond donors (Lipinski definition) is 2. The fourth-order valence-electron chi connectivity index (χ4n) is 1.42. The van der Waals surface area contributed by atoms with E-state index < -0.39 is 0 Å². The maximum absolute atomic E-state index is 11.8. The second-order valence-electron chi connectivity index (χ2n) is 4.26. The van der Waals surface area contributed by atoms with Gasteiger partial charge < -0.3 is 16.0 Å². The van der Waals surface area contributed by atoms with E-state index >= 15 is 0 Å². The Bertz CT molecular complexity index is 378. The molecule has 4 nitrogen and oxygen atoms in total. The summed E-state index contributed by atoms with van der Waals surface area (Å²) in [7, 11) is 1.79. The molecule has 5 heteroatoms. The van der Waals surface area contributed by atoms with E-state index in [1.807, 2.05) is 37.4 Å². The van der Waals surface area contributed by atoms with E-state index in [1.165, 1.54) is 0 Å². The van der Waals surface area contributed by atoms with Gasteiger partial charge in [0.15, 0.2) is 0 Å². The molecular formula is C13H21N3OS. The Morgan fingerprint density at radius 1 is 1.44 bits per heavy atom. The number of thioether (sulfide) groups is 1. The highest BCUT2D eigenvalue weighted by molar-refractivity contribution is 7.98. The maximum Gasteiger partial charge on any atom is 0.321 e. The molecule has 0 saturated heterocycles. The first-order valence-corrected chi connectivity index (χ1v) is 7.30. The number of carbonyl (C=O) groups excluding carboxylic acids is 1. The molecule has 1 atom stereocenters. The predicted molar refractivity (Wildman–Crippen MR) is 79.1 cm³/mol. The quantitative estimate of drug-likeness (QED) is 0.862. The van der Waals surface area contributed by atoms with E-state index in [0.29, 0.717) is 0 Å². The van der Waals surface area contributed by atoms with Crippen molar-refractivity contribution < 1.29 is 4.79 Å². The summed E-state index contributed by atoms with van der Waals surface area (Å²) in [6, 6.07) is 7.54. The molecule has 1 aromatic rings. The van der Waals surface area contributed by atoms with Gasteiger partial charge in [0.1, 0.15) is 0 Å². The van der Waals surface area contributed by atoms with E-state index in [1.54, 1.807) is 23.7 Å². The van der Waals surface area contributed by atoms with Gasteiger partial charge in [0.05, 0.1) is 0 Å². The van der Waals surface area contributed by atoms with Crippen LogP contribution >= 0.6 is 11.8 Å². The number of nitrogens with zero attached hydrogens (tertiary/aromatic N) is 1. The van der Waals surface area contributed by atoms with Gasteiger partial charge in [0.2, 0.25) is 0 Å². The van der Waals surface area contributed by atoms with Gasteiger partial charge in [-0.2, -0.15) is 11.8 Å². The van der Waals surface area contributed by atoms with Crippen LogP contribution in [-0.2, 0) is 0 Å². The average Bonchev–Trinajstić information content (AvgIpc) is 2.36. The first-order valence-electron chi connectivity index (χ1n) is 5.91. The lowest BCUT2D eigenvalue weighted by Crippen LogP contribution is -2.33. The Morgan fingerprint density at radius 2 is 2.06 bits per heavy atom. The number of nitrogens with one attached hydrogen (secondary N) is 1. The van der Waals surface area contributed by atoms with Crippen LogP contribution in [0, 0.1) is 0 Å². The van der Waals surface area contributed by atoms with Crippen molar-refractivity contribution in [3.8, 4) is 0 Å². The van der Waals surface area contributed by atoms with Crippen molar-refractivity contribution >= 4 is 23.5 Å². The van der Waals surface area contributed by atoms with Gasteiger partial charge in [0.25, 0.3) is 0 Å². The molecule has 18 heavy (non-hydrogen) atoms. The van der Waals surface area contributed by atoms with Gasteiger partial charge >= 0.3 is 6.03 Å². The van der Waals surface area contributed by atoms with Crippen molar-refractivity contribution in [2.45, 2.75) is 13.0 Å². The highest BCUT2D eigenvalue weighted by Crippen LogP contribution is 2.14. The third-order valence-corrected chi connectivity index (χ3v) is 3.26. The summed E-state index contributed by atoms with van der Waals surface area (Å²) in [6.45, 7) is 2.68. The van der Waals surface area contributed by atoms with Crippen molar-refractivity contribution in [1.82, 2.24) is 4.90 Å². The van der Waals surface area contributed by atoms with E-state index in [9.17, 15) is 4.79 Å². The van der Waals surface area contributed by atoms with Crippen LogP contribution < -0.4 is 11.1 Å². The first kappa shape index (κ1) is 14.9.